The van der Waals surface area contributed by atoms with Gasteiger partial charge in [0.15, 0.2) is 0 Å². The fourth-order valence-electron chi connectivity index (χ4n) is 4.21. The van der Waals surface area contributed by atoms with E-state index in [1.807, 2.05) is 25.1 Å². The molecule has 158 valence electrons. The number of benzene rings is 1. The molecule has 3 rings (SSSR count). The summed E-state index contributed by atoms with van der Waals surface area (Å²) in [7, 11) is 0. The minimum Gasteiger partial charge on any atom is -0.462 e. The van der Waals surface area contributed by atoms with Crippen molar-refractivity contribution >= 4 is 5.97 Å². The lowest BCUT2D eigenvalue weighted by Gasteiger charge is -2.31. The molecule has 0 bridgehead atoms. The van der Waals surface area contributed by atoms with Crippen LogP contribution in [0.2, 0.25) is 0 Å². The van der Waals surface area contributed by atoms with Gasteiger partial charge in [0.2, 0.25) is 0 Å². The molecule has 0 unspecified atom stereocenters. The predicted octanol–water partition coefficient (Wildman–Crippen LogP) is 5.45. The number of carbonyl (C=O) groups is 1. The second-order valence-corrected chi connectivity index (χ2v) is 8.54. The van der Waals surface area contributed by atoms with E-state index < -0.39 is 0 Å². The summed E-state index contributed by atoms with van der Waals surface area (Å²) in [6, 6.07) is 10.6. The van der Waals surface area contributed by atoms with Gasteiger partial charge in [-0.05, 0) is 31.7 Å². The van der Waals surface area contributed by atoms with Crippen LogP contribution in [0.3, 0.4) is 0 Å². The maximum absolute atomic E-state index is 12.6. The van der Waals surface area contributed by atoms with Crippen LogP contribution in [0.5, 0.6) is 0 Å². The van der Waals surface area contributed by atoms with Crippen LogP contribution in [0.4, 0.5) is 0 Å². The molecule has 2 aromatic rings. The van der Waals surface area contributed by atoms with Crippen LogP contribution >= 0.6 is 0 Å². The average molecular weight is 399 g/mol. The predicted molar refractivity (Wildman–Crippen MR) is 114 cm³/mol. The Balaban J connectivity index is 1.75. The zero-order valence-electron chi connectivity index (χ0n) is 18.0. The summed E-state index contributed by atoms with van der Waals surface area (Å²) < 4.78 is 13.4. The lowest BCUT2D eigenvalue weighted by Crippen LogP contribution is -2.29. The van der Waals surface area contributed by atoms with Gasteiger partial charge in [0.05, 0.1) is 31.1 Å². The van der Waals surface area contributed by atoms with Crippen LogP contribution in [-0.2, 0) is 21.5 Å². The Morgan fingerprint density at radius 2 is 1.90 bits per heavy atom. The number of ether oxygens (including phenoxy) is 2. The van der Waals surface area contributed by atoms with Crippen LogP contribution in [-0.4, -0.2) is 29.0 Å². The summed E-state index contributed by atoms with van der Waals surface area (Å²) in [5.74, 6) is -0.275. The number of nitrogens with zero attached hydrogens (tertiary/aromatic N) is 2. The Bertz CT molecular complexity index is 777. The van der Waals surface area contributed by atoms with Crippen molar-refractivity contribution in [3.05, 3.63) is 53.3 Å². The summed E-state index contributed by atoms with van der Waals surface area (Å²) in [6.45, 7) is 7.79. The second-order valence-electron chi connectivity index (χ2n) is 8.54. The van der Waals surface area contributed by atoms with Crippen molar-refractivity contribution in [3.63, 3.8) is 0 Å². The molecular formula is C24H34N2O3. The van der Waals surface area contributed by atoms with Crippen LogP contribution in [0.25, 0.3) is 0 Å². The number of hydrogen-bond acceptors (Lipinski definition) is 4. The first-order valence-electron chi connectivity index (χ1n) is 10.9. The van der Waals surface area contributed by atoms with E-state index in [0.29, 0.717) is 31.4 Å². The van der Waals surface area contributed by atoms with Gasteiger partial charge in [-0.2, -0.15) is 5.10 Å². The SMILES string of the molecule is CCOC(=O)c1cnn(C2CCCCC2)c1C(C)(C)CCOCc1ccccc1. The number of rotatable bonds is 9. The quantitative estimate of drug-likeness (QED) is 0.416. The zero-order valence-corrected chi connectivity index (χ0v) is 18.0. The first-order chi connectivity index (χ1) is 14.0. The molecule has 1 aliphatic carbocycles. The molecule has 0 saturated heterocycles. The van der Waals surface area contributed by atoms with Gasteiger partial charge in [0.25, 0.3) is 0 Å². The largest absolute Gasteiger partial charge is 0.462 e. The van der Waals surface area contributed by atoms with Crippen molar-refractivity contribution in [2.45, 2.75) is 77.4 Å². The summed E-state index contributed by atoms with van der Waals surface area (Å²) in [5, 5.41) is 4.66. The third-order valence-electron chi connectivity index (χ3n) is 5.84. The first-order valence-corrected chi connectivity index (χ1v) is 10.9. The van der Waals surface area contributed by atoms with E-state index in [0.717, 1.165) is 25.0 Å². The monoisotopic (exact) mass is 398 g/mol. The maximum Gasteiger partial charge on any atom is 0.341 e. The third-order valence-corrected chi connectivity index (χ3v) is 5.84. The molecule has 1 fully saturated rings. The van der Waals surface area contributed by atoms with Crippen molar-refractivity contribution < 1.29 is 14.3 Å². The minimum atomic E-state index is -0.275. The van der Waals surface area contributed by atoms with Gasteiger partial charge >= 0.3 is 5.97 Å². The lowest BCUT2D eigenvalue weighted by atomic mass is 9.82. The Hall–Kier alpha value is -2.14. The Morgan fingerprint density at radius 3 is 2.59 bits per heavy atom. The highest BCUT2D eigenvalue weighted by Crippen LogP contribution is 2.36. The van der Waals surface area contributed by atoms with E-state index in [1.165, 1.54) is 24.8 Å². The molecule has 1 heterocycles. The van der Waals surface area contributed by atoms with Crippen molar-refractivity contribution in [1.29, 1.82) is 0 Å². The molecule has 0 atom stereocenters. The molecule has 1 saturated carbocycles. The second kappa shape index (κ2) is 10.1. The number of hydrogen-bond donors (Lipinski definition) is 0. The molecule has 0 N–H and O–H groups in total. The summed E-state index contributed by atoms with van der Waals surface area (Å²) in [4.78, 5) is 12.6. The molecule has 1 aliphatic rings. The van der Waals surface area contributed by atoms with E-state index in [-0.39, 0.29) is 11.4 Å². The van der Waals surface area contributed by atoms with Crippen molar-refractivity contribution in [3.8, 4) is 0 Å². The molecule has 0 spiro atoms. The molecule has 1 aromatic carbocycles. The van der Waals surface area contributed by atoms with Crippen molar-refractivity contribution in [2.24, 2.45) is 0 Å². The standard InChI is InChI=1S/C24H34N2O3/c1-4-29-23(27)21-17-25-26(20-13-9-6-10-14-20)22(21)24(2,3)15-16-28-18-19-11-7-5-8-12-19/h5,7-8,11-12,17,20H,4,6,9-10,13-16,18H2,1-3H3. The Morgan fingerprint density at radius 1 is 1.17 bits per heavy atom. The van der Waals surface area contributed by atoms with Crippen LogP contribution in [0, 0.1) is 0 Å². The van der Waals surface area contributed by atoms with E-state index in [9.17, 15) is 4.79 Å². The molecule has 0 amide bonds. The molecular weight excluding hydrogens is 364 g/mol. The first kappa shape index (κ1) is 21.6. The topological polar surface area (TPSA) is 53.3 Å². The van der Waals surface area contributed by atoms with Gasteiger partial charge in [-0.25, -0.2) is 4.79 Å². The van der Waals surface area contributed by atoms with Gasteiger partial charge in [0, 0.05) is 12.0 Å². The van der Waals surface area contributed by atoms with E-state index in [4.69, 9.17) is 9.47 Å². The van der Waals surface area contributed by atoms with Crippen LogP contribution < -0.4 is 0 Å². The highest BCUT2D eigenvalue weighted by molar-refractivity contribution is 5.90. The lowest BCUT2D eigenvalue weighted by molar-refractivity contribution is 0.0520. The minimum absolute atomic E-state index is 0.243. The fourth-order valence-corrected chi connectivity index (χ4v) is 4.21. The smallest absolute Gasteiger partial charge is 0.341 e. The molecule has 5 nitrogen and oxygen atoms in total. The highest BCUT2D eigenvalue weighted by atomic mass is 16.5. The highest BCUT2D eigenvalue weighted by Gasteiger charge is 2.34. The maximum atomic E-state index is 12.6. The zero-order chi connectivity index (χ0) is 20.7. The molecule has 0 aliphatic heterocycles. The number of carbonyl (C=O) groups excluding carboxylic acids is 1. The van der Waals surface area contributed by atoms with Gasteiger partial charge < -0.3 is 9.47 Å². The summed E-state index contributed by atoms with van der Waals surface area (Å²) in [6.07, 6.45) is 8.49. The average Bonchev–Trinajstić information content (AvgIpc) is 3.19. The number of aromatic nitrogens is 2. The molecule has 0 radical (unpaired) electrons. The summed E-state index contributed by atoms with van der Waals surface area (Å²) >= 11 is 0. The van der Waals surface area contributed by atoms with E-state index in [2.05, 4.69) is 35.8 Å². The molecule has 1 aromatic heterocycles. The Labute approximate surface area is 174 Å². The molecule has 29 heavy (non-hydrogen) atoms. The van der Waals surface area contributed by atoms with Crippen LogP contribution in [0.15, 0.2) is 36.5 Å². The van der Waals surface area contributed by atoms with E-state index >= 15 is 0 Å². The van der Waals surface area contributed by atoms with Crippen molar-refractivity contribution in [1.82, 2.24) is 9.78 Å². The Kier molecular flexibility index (Phi) is 7.48. The third kappa shape index (κ3) is 5.47. The van der Waals surface area contributed by atoms with Gasteiger partial charge in [0.1, 0.15) is 5.56 Å². The normalized spacial score (nSPS) is 15.4. The van der Waals surface area contributed by atoms with Crippen LogP contribution in [0.1, 0.15) is 87.0 Å². The number of esters is 1. The summed E-state index contributed by atoms with van der Waals surface area (Å²) in [5.41, 5.74) is 2.52. The fraction of sp³-hybridized carbons (Fsp3) is 0.583. The van der Waals surface area contributed by atoms with Crippen molar-refractivity contribution in [2.75, 3.05) is 13.2 Å². The molecule has 5 heteroatoms. The van der Waals surface area contributed by atoms with Gasteiger partial charge in [-0.3, -0.25) is 4.68 Å². The van der Waals surface area contributed by atoms with Gasteiger partial charge in [-0.1, -0.05) is 63.4 Å². The van der Waals surface area contributed by atoms with Gasteiger partial charge in [-0.15, -0.1) is 0 Å². The van der Waals surface area contributed by atoms with E-state index in [1.54, 1.807) is 6.20 Å².